The van der Waals surface area contributed by atoms with Crippen LogP contribution in [0.2, 0.25) is 0 Å². The van der Waals surface area contributed by atoms with E-state index in [1.165, 1.54) is 31.4 Å². The Morgan fingerprint density at radius 2 is 1.73 bits per heavy atom. The third kappa shape index (κ3) is 3.17. The Kier molecular flexibility index (Phi) is 4.31. The van der Waals surface area contributed by atoms with Gasteiger partial charge >= 0.3 is 6.01 Å². The van der Waals surface area contributed by atoms with E-state index in [-0.39, 0.29) is 11.7 Å². The number of nitro benzene ring substituents is 1. The number of anilines is 1. The number of carbonyl (C=O) groups excluding carboxylic acids is 1. The highest BCUT2D eigenvalue weighted by Gasteiger charge is 2.14. The van der Waals surface area contributed by atoms with Crippen LogP contribution in [0.25, 0.3) is 0 Å². The first-order valence-corrected chi connectivity index (χ1v) is 6.37. The summed E-state index contributed by atoms with van der Waals surface area (Å²) in [5.41, 5.74) is 1.86. The summed E-state index contributed by atoms with van der Waals surface area (Å²) in [6.07, 6.45) is 0. The molecule has 0 spiro atoms. The molecule has 0 radical (unpaired) electrons. The lowest BCUT2D eigenvalue weighted by molar-refractivity contribution is -0.384. The highest BCUT2D eigenvalue weighted by atomic mass is 16.6. The molecular weight excluding hydrogens is 288 g/mol. The van der Waals surface area contributed by atoms with Gasteiger partial charge in [0.25, 0.3) is 11.6 Å². The van der Waals surface area contributed by atoms with Gasteiger partial charge < -0.3 is 10.1 Å². The van der Waals surface area contributed by atoms with Crippen molar-refractivity contribution in [2.45, 2.75) is 13.8 Å². The van der Waals surface area contributed by atoms with E-state index in [2.05, 4.69) is 15.3 Å². The predicted molar refractivity (Wildman–Crippen MR) is 79.1 cm³/mol. The Labute approximate surface area is 126 Å². The molecule has 0 bridgehead atoms. The normalized spacial score (nSPS) is 10.1. The third-order valence-corrected chi connectivity index (χ3v) is 3.01. The maximum atomic E-state index is 12.2. The molecule has 0 atom stereocenters. The van der Waals surface area contributed by atoms with E-state index in [4.69, 9.17) is 4.74 Å². The van der Waals surface area contributed by atoms with E-state index in [0.717, 1.165) is 0 Å². The number of methoxy groups -OCH3 is 1. The number of nitro groups is 1. The molecule has 0 aliphatic rings. The average Bonchev–Trinajstić information content (AvgIpc) is 2.50. The lowest BCUT2D eigenvalue weighted by Gasteiger charge is -2.11. The van der Waals surface area contributed by atoms with E-state index in [1.807, 2.05) is 0 Å². The summed E-state index contributed by atoms with van der Waals surface area (Å²) in [4.78, 5) is 30.5. The van der Waals surface area contributed by atoms with Crippen molar-refractivity contribution in [3.8, 4) is 6.01 Å². The van der Waals surface area contributed by atoms with Gasteiger partial charge in [0.05, 0.1) is 29.1 Å². The Morgan fingerprint density at radius 3 is 2.18 bits per heavy atom. The van der Waals surface area contributed by atoms with Crippen LogP contribution in [0.1, 0.15) is 21.7 Å². The number of non-ortho nitro benzene ring substituents is 1. The smallest absolute Gasteiger partial charge is 0.316 e. The second-order valence-corrected chi connectivity index (χ2v) is 4.51. The minimum absolute atomic E-state index is 0.0725. The number of hydrogen-bond acceptors (Lipinski definition) is 6. The first-order valence-electron chi connectivity index (χ1n) is 6.37. The van der Waals surface area contributed by atoms with Crippen molar-refractivity contribution in [2.24, 2.45) is 0 Å². The molecule has 2 aromatic rings. The van der Waals surface area contributed by atoms with Crippen molar-refractivity contribution < 1.29 is 14.5 Å². The van der Waals surface area contributed by atoms with Crippen LogP contribution in [0.3, 0.4) is 0 Å². The predicted octanol–water partition coefficient (Wildman–Crippen LogP) is 2.26. The van der Waals surface area contributed by atoms with E-state index < -0.39 is 10.8 Å². The number of nitrogens with zero attached hydrogens (tertiary/aromatic N) is 3. The lowest BCUT2D eigenvalue weighted by Crippen LogP contribution is -2.15. The van der Waals surface area contributed by atoms with E-state index >= 15 is 0 Å². The monoisotopic (exact) mass is 302 g/mol. The molecule has 1 N–H and O–H groups in total. The van der Waals surface area contributed by atoms with Crippen LogP contribution in [0.15, 0.2) is 24.3 Å². The van der Waals surface area contributed by atoms with Gasteiger partial charge in [-0.3, -0.25) is 14.9 Å². The van der Waals surface area contributed by atoms with Crippen LogP contribution in [-0.2, 0) is 0 Å². The van der Waals surface area contributed by atoms with Crippen LogP contribution in [0, 0.1) is 24.0 Å². The lowest BCUT2D eigenvalue weighted by atomic mass is 10.2. The van der Waals surface area contributed by atoms with E-state index in [1.54, 1.807) is 13.8 Å². The molecule has 8 nitrogen and oxygen atoms in total. The number of carbonyl (C=O) groups is 1. The first-order chi connectivity index (χ1) is 10.4. The quantitative estimate of drug-likeness (QED) is 0.685. The molecule has 1 heterocycles. The standard InChI is InChI=1S/C14H14N4O4/c1-8-12(9(2)16-14(15-8)22-3)17-13(19)10-4-6-11(7-5-10)18(20)21/h4-7H,1-3H3,(H,17,19). The van der Waals surface area contributed by atoms with Gasteiger partial charge in [0, 0.05) is 17.7 Å². The molecule has 1 aromatic carbocycles. The van der Waals surface area contributed by atoms with Crippen LogP contribution in [0.4, 0.5) is 11.4 Å². The van der Waals surface area contributed by atoms with Crippen molar-refractivity contribution in [3.63, 3.8) is 0 Å². The maximum absolute atomic E-state index is 12.2. The van der Waals surface area contributed by atoms with Gasteiger partial charge in [-0.2, -0.15) is 9.97 Å². The Morgan fingerprint density at radius 1 is 1.18 bits per heavy atom. The fourth-order valence-electron chi connectivity index (χ4n) is 1.88. The molecule has 22 heavy (non-hydrogen) atoms. The average molecular weight is 302 g/mol. The number of rotatable bonds is 4. The zero-order valence-corrected chi connectivity index (χ0v) is 12.3. The summed E-state index contributed by atoms with van der Waals surface area (Å²) in [6.45, 7) is 3.45. The van der Waals surface area contributed by atoms with Crippen LogP contribution >= 0.6 is 0 Å². The minimum Gasteiger partial charge on any atom is -0.467 e. The van der Waals surface area contributed by atoms with Gasteiger partial charge in [-0.25, -0.2) is 0 Å². The van der Waals surface area contributed by atoms with Gasteiger partial charge in [0.1, 0.15) is 0 Å². The molecule has 0 aliphatic heterocycles. The molecule has 1 aromatic heterocycles. The maximum Gasteiger partial charge on any atom is 0.316 e. The number of hydrogen-bond donors (Lipinski definition) is 1. The summed E-state index contributed by atoms with van der Waals surface area (Å²) in [7, 11) is 1.46. The molecule has 0 fully saturated rings. The summed E-state index contributed by atoms with van der Waals surface area (Å²) < 4.78 is 4.96. The zero-order valence-electron chi connectivity index (χ0n) is 12.3. The SMILES string of the molecule is COc1nc(C)c(NC(=O)c2ccc([N+](=O)[O-])cc2)c(C)n1. The van der Waals surface area contributed by atoms with Crippen LogP contribution in [-0.4, -0.2) is 27.9 Å². The molecule has 8 heteroatoms. The second kappa shape index (κ2) is 6.17. The number of aromatic nitrogens is 2. The van der Waals surface area contributed by atoms with Crippen molar-refractivity contribution in [1.82, 2.24) is 9.97 Å². The Hall–Kier alpha value is -3.03. The summed E-state index contributed by atoms with van der Waals surface area (Å²) in [5, 5.41) is 13.3. The largest absolute Gasteiger partial charge is 0.467 e. The van der Waals surface area contributed by atoms with Crippen molar-refractivity contribution in [1.29, 1.82) is 0 Å². The Balaban J connectivity index is 2.23. The fraction of sp³-hybridized carbons (Fsp3) is 0.214. The number of benzene rings is 1. The van der Waals surface area contributed by atoms with E-state index in [0.29, 0.717) is 22.6 Å². The topological polar surface area (TPSA) is 107 Å². The number of nitrogens with one attached hydrogen (secondary N) is 1. The summed E-state index contributed by atoms with van der Waals surface area (Å²) in [6, 6.07) is 5.56. The van der Waals surface area contributed by atoms with Crippen molar-refractivity contribution in [3.05, 3.63) is 51.3 Å². The molecule has 0 saturated carbocycles. The van der Waals surface area contributed by atoms with Gasteiger partial charge in [-0.1, -0.05) is 0 Å². The minimum atomic E-state index is -0.521. The fourth-order valence-corrected chi connectivity index (χ4v) is 1.88. The Bertz CT molecular complexity index is 705. The number of aryl methyl sites for hydroxylation is 2. The second-order valence-electron chi connectivity index (χ2n) is 4.51. The molecule has 2 rings (SSSR count). The molecular formula is C14H14N4O4. The first kappa shape index (κ1) is 15.4. The van der Waals surface area contributed by atoms with Gasteiger partial charge in [0.15, 0.2) is 0 Å². The molecule has 114 valence electrons. The number of ether oxygens (including phenoxy) is 1. The molecule has 0 saturated heterocycles. The van der Waals surface area contributed by atoms with Gasteiger partial charge in [0.2, 0.25) is 0 Å². The van der Waals surface area contributed by atoms with Crippen LogP contribution < -0.4 is 10.1 Å². The third-order valence-electron chi connectivity index (χ3n) is 3.01. The van der Waals surface area contributed by atoms with Gasteiger partial charge in [-0.15, -0.1) is 0 Å². The van der Waals surface area contributed by atoms with E-state index in [9.17, 15) is 14.9 Å². The highest BCUT2D eigenvalue weighted by molar-refractivity contribution is 6.04. The molecule has 0 unspecified atom stereocenters. The molecule has 0 aliphatic carbocycles. The van der Waals surface area contributed by atoms with Crippen LogP contribution in [0.5, 0.6) is 6.01 Å². The number of amides is 1. The van der Waals surface area contributed by atoms with Crippen molar-refractivity contribution >= 4 is 17.3 Å². The summed E-state index contributed by atoms with van der Waals surface area (Å²) >= 11 is 0. The highest BCUT2D eigenvalue weighted by Crippen LogP contribution is 2.20. The van der Waals surface area contributed by atoms with Gasteiger partial charge in [-0.05, 0) is 26.0 Å². The van der Waals surface area contributed by atoms with Crippen molar-refractivity contribution in [2.75, 3.05) is 12.4 Å². The zero-order chi connectivity index (χ0) is 16.3. The summed E-state index contributed by atoms with van der Waals surface area (Å²) in [5.74, 6) is -0.394. The molecule has 1 amide bonds.